The number of nitrogens with one attached hydrogen (secondary N) is 2. The van der Waals surface area contributed by atoms with Crippen LogP contribution in [0.1, 0.15) is 38.5 Å². The number of guanidine groups is 1. The second-order valence-corrected chi connectivity index (χ2v) is 10.1. The number of sulfone groups is 1. The van der Waals surface area contributed by atoms with Crippen LogP contribution in [-0.2, 0) is 9.84 Å². The summed E-state index contributed by atoms with van der Waals surface area (Å²) in [6.07, 6.45) is 0. The average Bonchev–Trinajstić information content (AvgIpc) is 2.95. The fourth-order valence-corrected chi connectivity index (χ4v) is 3.52. The molecule has 0 bridgehead atoms. The molecule has 7 heteroatoms. The minimum Gasteiger partial charge on any atom is -0.356 e. The van der Waals surface area contributed by atoms with E-state index in [2.05, 4.69) is 34.0 Å². The molecule has 0 radical (unpaired) electrons. The Kier molecular flexibility index (Phi) is 6.87. The lowest BCUT2D eigenvalue weighted by atomic mass is 10.1. The van der Waals surface area contributed by atoms with E-state index in [1.165, 1.54) is 4.88 Å². The molecule has 1 heterocycles. The molecule has 1 rings (SSSR count). The van der Waals surface area contributed by atoms with Crippen molar-refractivity contribution in [1.82, 2.24) is 10.6 Å². The highest BCUT2D eigenvalue weighted by Gasteiger charge is 2.28. The topological polar surface area (TPSA) is 70.6 Å². The van der Waals surface area contributed by atoms with E-state index in [1.807, 2.05) is 6.07 Å². The van der Waals surface area contributed by atoms with Crippen molar-refractivity contribution in [3.8, 4) is 0 Å². The van der Waals surface area contributed by atoms with E-state index in [0.29, 0.717) is 18.4 Å². The molecule has 2 N–H and O–H groups in total. The number of aliphatic imine (C=N–C) groups is 1. The van der Waals surface area contributed by atoms with Gasteiger partial charge in [0.15, 0.2) is 15.8 Å². The normalized spacial score (nSPS) is 14.7. The Morgan fingerprint density at radius 1 is 1.36 bits per heavy atom. The Morgan fingerprint density at radius 2 is 2.05 bits per heavy atom. The van der Waals surface area contributed by atoms with E-state index in [4.69, 9.17) is 0 Å². The van der Waals surface area contributed by atoms with Crippen LogP contribution in [0, 0.1) is 0 Å². The molecule has 1 unspecified atom stereocenters. The number of rotatable bonds is 6. The fourth-order valence-electron chi connectivity index (χ4n) is 1.75. The number of hydrogen-bond donors (Lipinski definition) is 2. The van der Waals surface area contributed by atoms with Gasteiger partial charge in [-0.05, 0) is 32.2 Å². The molecule has 0 aliphatic carbocycles. The molecule has 0 aliphatic heterocycles. The van der Waals surface area contributed by atoms with Crippen molar-refractivity contribution in [2.45, 2.75) is 38.4 Å². The van der Waals surface area contributed by atoms with Crippen molar-refractivity contribution < 1.29 is 8.42 Å². The quantitative estimate of drug-likeness (QED) is 0.613. The number of nitrogens with zero attached hydrogens (tertiary/aromatic N) is 1. The van der Waals surface area contributed by atoms with Crippen LogP contribution in [0.4, 0.5) is 0 Å². The van der Waals surface area contributed by atoms with Crippen molar-refractivity contribution in [3.63, 3.8) is 0 Å². The van der Waals surface area contributed by atoms with Gasteiger partial charge < -0.3 is 10.6 Å². The predicted octanol–water partition coefficient (Wildman–Crippen LogP) is 2.23. The van der Waals surface area contributed by atoms with Gasteiger partial charge in [-0.2, -0.15) is 0 Å². The number of hydrogen-bond acceptors (Lipinski definition) is 4. The summed E-state index contributed by atoms with van der Waals surface area (Å²) in [5, 5.41) is 8.36. The third-order valence-corrected chi connectivity index (χ3v) is 7.14. The molecule has 1 aromatic rings. The summed E-state index contributed by atoms with van der Waals surface area (Å²) in [7, 11) is -1.43. The summed E-state index contributed by atoms with van der Waals surface area (Å²) < 4.78 is 23.4. The molecule has 0 saturated carbocycles. The van der Waals surface area contributed by atoms with E-state index in [-0.39, 0.29) is 5.75 Å². The van der Waals surface area contributed by atoms with Crippen LogP contribution in [0.25, 0.3) is 0 Å². The van der Waals surface area contributed by atoms with Gasteiger partial charge in [-0.15, -0.1) is 11.3 Å². The highest BCUT2D eigenvalue weighted by atomic mass is 32.2. The minimum atomic E-state index is -3.11. The smallest absolute Gasteiger partial charge is 0.191 e. The lowest BCUT2D eigenvalue weighted by molar-refractivity contribution is 0.559. The Morgan fingerprint density at radius 3 is 2.55 bits per heavy atom. The molecule has 1 aromatic heterocycles. The summed E-state index contributed by atoms with van der Waals surface area (Å²) in [6.45, 7) is 8.42. The number of thiophene rings is 1. The third kappa shape index (κ3) is 5.61. The van der Waals surface area contributed by atoms with Crippen molar-refractivity contribution in [2.75, 3.05) is 25.9 Å². The largest absolute Gasteiger partial charge is 0.356 e. The van der Waals surface area contributed by atoms with E-state index in [1.54, 1.807) is 39.2 Å². The van der Waals surface area contributed by atoms with Crippen molar-refractivity contribution in [1.29, 1.82) is 0 Å². The summed E-state index contributed by atoms with van der Waals surface area (Å²) in [5.74, 6) is 1.11. The standard InChI is InChI=1S/C15H27N3O2S2/c1-12(13-7-6-9-21-13)11-18-14(16-5)17-8-10-22(19,20)15(2,3)4/h6-7,9,12H,8,10-11H2,1-5H3,(H2,16,17,18). The molecule has 1 atom stereocenters. The fraction of sp³-hybridized carbons (Fsp3) is 0.667. The van der Waals surface area contributed by atoms with Crippen LogP contribution in [0.2, 0.25) is 0 Å². The Balaban J connectivity index is 2.41. The van der Waals surface area contributed by atoms with Crippen molar-refractivity contribution >= 4 is 27.1 Å². The maximum Gasteiger partial charge on any atom is 0.191 e. The van der Waals surface area contributed by atoms with Gasteiger partial charge >= 0.3 is 0 Å². The molecule has 0 saturated heterocycles. The minimum absolute atomic E-state index is 0.0949. The monoisotopic (exact) mass is 345 g/mol. The third-order valence-electron chi connectivity index (χ3n) is 3.42. The van der Waals surface area contributed by atoms with E-state index < -0.39 is 14.6 Å². The van der Waals surface area contributed by atoms with Crippen molar-refractivity contribution in [3.05, 3.63) is 22.4 Å². The molecule has 0 fully saturated rings. The van der Waals surface area contributed by atoms with Crippen LogP contribution in [-0.4, -0.2) is 45.0 Å². The molecule has 126 valence electrons. The first-order valence-electron chi connectivity index (χ1n) is 7.37. The van der Waals surface area contributed by atoms with Gasteiger partial charge in [0.25, 0.3) is 0 Å². The maximum atomic E-state index is 12.0. The first-order chi connectivity index (χ1) is 10.2. The van der Waals surface area contributed by atoms with Crippen LogP contribution in [0.3, 0.4) is 0 Å². The molecule has 22 heavy (non-hydrogen) atoms. The second-order valence-electron chi connectivity index (χ2n) is 6.23. The van der Waals surface area contributed by atoms with Gasteiger partial charge in [0.1, 0.15) is 0 Å². The summed E-state index contributed by atoms with van der Waals surface area (Å²) in [4.78, 5) is 5.44. The van der Waals surface area contributed by atoms with E-state index >= 15 is 0 Å². The van der Waals surface area contributed by atoms with Crippen LogP contribution >= 0.6 is 11.3 Å². The van der Waals surface area contributed by atoms with Gasteiger partial charge in [0.05, 0.1) is 10.5 Å². The van der Waals surface area contributed by atoms with Crippen LogP contribution in [0.15, 0.2) is 22.5 Å². The zero-order valence-electron chi connectivity index (χ0n) is 14.0. The second kappa shape index (κ2) is 7.97. The molecule has 0 aromatic carbocycles. The van der Waals surface area contributed by atoms with E-state index in [9.17, 15) is 8.42 Å². The van der Waals surface area contributed by atoms with Crippen molar-refractivity contribution in [2.24, 2.45) is 4.99 Å². The Bertz CT molecular complexity index is 572. The predicted molar refractivity (Wildman–Crippen MR) is 95.6 cm³/mol. The lowest BCUT2D eigenvalue weighted by Gasteiger charge is -2.20. The first kappa shape index (κ1) is 19.0. The lowest BCUT2D eigenvalue weighted by Crippen LogP contribution is -2.42. The first-order valence-corrected chi connectivity index (χ1v) is 9.91. The highest BCUT2D eigenvalue weighted by molar-refractivity contribution is 7.92. The highest BCUT2D eigenvalue weighted by Crippen LogP contribution is 2.19. The summed E-state index contributed by atoms with van der Waals surface area (Å²) in [5.41, 5.74) is 0. The summed E-state index contributed by atoms with van der Waals surface area (Å²) >= 11 is 1.73. The van der Waals surface area contributed by atoms with Gasteiger partial charge in [-0.1, -0.05) is 13.0 Å². The Labute approximate surface area is 138 Å². The molecule has 0 aliphatic rings. The van der Waals surface area contributed by atoms with Crippen LogP contribution in [0.5, 0.6) is 0 Å². The Hall–Kier alpha value is -1.08. The molecular weight excluding hydrogens is 318 g/mol. The van der Waals surface area contributed by atoms with Gasteiger partial charge in [0, 0.05) is 30.9 Å². The molecule has 5 nitrogen and oxygen atoms in total. The maximum absolute atomic E-state index is 12.0. The zero-order chi connectivity index (χ0) is 16.8. The molecule has 0 amide bonds. The van der Waals surface area contributed by atoms with Gasteiger partial charge in [-0.3, -0.25) is 4.99 Å². The summed E-state index contributed by atoms with van der Waals surface area (Å²) in [6, 6.07) is 4.16. The van der Waals surface area contributed by atoms with Gasteiger partial charge in [-0.25, -0.2) is 8.42 Å². The van der Waals surface area contributed by atoms with Crippen LogP contribution < -0.4 is 10.6 Å². The van der Waals surface area contributed by atoms with E-state index in [0.717, 1.165) is 6.54 Å². The molecule has 0 spiro atoms. The molecular formula is C15H27N3O2S2. The van der Waals surface area contributed by atoms with Gasteiger partial charge in [0.2, 0.25) is 0 Å². The zero-order valence-corrected chi connectivity index (χ0v) is 15.6. The SMILES string of the molecule is CN=C(NCCS(=O)(=O)C(C)(C)C)NCC(C)c1cccs1. The average molecular weight is 346 g/mol.